The van der Waals surface area contributed by atoms with Crippen LogP contribution in [0.25, 0.3) is 43.8 Å². The van der Waals surface area contributed by atoms with Gasteiger partial charge in [0.15, 0.2) is 0 Å². The summed E-state index contributed by atoms with van der Waals surface area (Å²) in [5, 5.41) is 9.05. The largest absolute Gasteiger partial charge is 0.135 e. The zero-order valence-electron chi connectivity index (χ0n) is 21.5. The van der Waals surface area contributed by atoms with Crippen LogP contribution in [0.1, 0.15) is 20.9 Å². The number of thiophene rings is 2. The van der Waals surface area contributed by atoms with Gasteiger partial charge in [0.2, 0.25) is 0 Å². The molecule has 0 radical (unpaired) electrons. The van der Waals surface area contributed by atoms with E-state index in [0.29, 0.717) is 0 Å². The molecule has 0 amide bonds. The van der Waals surface area contributed by atoms with E-state index in [0.717, 1.165) is 20.9 Å². The Hall–Kier alpha value is -4.86. The Kier molecular flexibility index (Phi) is 6.49. The maximum atomic E-state index is 3.45. The standard InChI is InChI=1S/C38H22S2/c1-3-13-33-27(7-1)9-5-11-29(33)19-21-37-35(23-25-39-37)31-15-17-32(18-16-31)36-24-26-40-38(36)22-20-30-12-6-10-28-8-2-4-14-34(28)30/h1-18,23-26H. The van der Waals surface area contributed by atoms with Crippen molar-refractivity contribution in [1.29, 1.82) is 0 Å². The molecule has 2 heteroatoms. The van der Waals surface area contributed by atoms with Gasteiger partial charge in [0.05, 0.1) is 9.75 Å². The minimum atomic E-state index is 1.06. The Morgan fingerprint density at radius 3 is 1.27 bits per heavy atom. The van der Waals surface area contributed by atoms with E-state index in [1.165, 1.54) is 43.8 Å². The summed E-state index contributed by atoms with van der Waals surface area (Å²) in [6, 6.07) is 42.5. The molecule has 0 nitrogen and oxygen atoms in total. The second kappa shape index (κ2) is 10.7. The molecule has 7 rings (SSSR count). The van der Waals surface area contributed by atoms with E-state index in [4.69, 9.17) is 0 Å². The summed E-state index contributed by atoms with van der Waals surface area (Å²) < 4.78 is 0. The third-order valence-electron chi connectivity index (χ3n) is 7.04. The molecule has 0 spiro atoms. The quantitative estimate of drug-likeness (QED) is 0.191. The van der Waals surface area contributed by atoms with Crippen molar-refractivity contribution in [3.8, 4) is 45.9 Å². The van der Waals surface area contributed by atoms with Gasteiger partial charge in [-0.1, -0.05) is 121 Å². The Morgan fingerprint density at radius 1 is 0.375 bits per heavy atom. The van der Waals surface area contributed by atoms with Crippen molar-refractivity contribution in [2.45, 2.75) is 0 Å². The molecule has 186 valence electrons. The fraction of sp³-hybridized carbons (Fsp3) is 0. The fourth-order valence-electron chi connectivity index (χ4n) is 5.01. The van der Waals surface area contributed by atoms with Crippen LogP contribution < -0.4 is 0 Å². The fourth-order valence-corrected chi connectivity index (χ4v) is 6.54. The third kappa shape index (κ3) is 4.72. The molecular weight excluding hydrogens is 521 g/mol. The summed E-state index contributed by atoms with van der Waals surface area (Å²) >= 11 is 3.38. The van der Waals surface area contributed by atoms with Crippen molar-refractivity contribution in [3.63, 3.8) is 0 Å². The Bertz CT molecular complexity index is 1950. The predicted molar refractivity (Wildman–Crippen MR) is 173 cm³/mol. The van der Waals surface area contributed by atoms with Crippen LogP contribution in [-0.2, 0) is 0 Å². The number of hydrogen-bond donors (Lipinski definition) is 0. The Balaban J connectivity index is 1.17. The van der Waals surface area contributed by atoms with E-state index in [-0.39, 0.29) is 0 Å². The minimum absolute atomic E-state index is 1.06. The molecule has 0 N–H and O–H groups in total. The van der Waals surface area contributed by atoms with Crippen LogP contribution in [0.15, 0.2) is 132 Å². The zero-order valence-corrected chi connectivity index (χ0v) is 23.2. The molecule has 7 aromatic rings. The van der Waals surface area contributed by atoms with Crippen molar-refractivity contribution in [3.05, 3.63) is 153 Å². The van der Waals surface area contributed by atoms with Crippen LogP contribution >= 0.6 is 22.7 Å². The van der Waals surface area contributed by atoms with Gasteiger partial charge >= 0.3 is 0 Å². The molecule has 2 aromatic heterocycles. The van der Waals surface area contributed by atoms with Crippen LogP contribution in [0.3, 0.4) is 0 Å². The second-order valence-corrected chi connectivity index (χ2v) is 11.3. The maximum Gasteiger partial charge on any atom is 0.0850 e. The molecule has 0 aliphatic heterocycles. The van der Waals surface area contributed by atoms with Gasteiger partial charge in [0, 0.05) is 22.3 Å². The van der Waals surface area contributed by atoms with Gasteiger partial charge in [-0.05, 0) is 67.7 Å². The van der Waals surface area contributed by atoms with E-state index in [1.807, 2.05) is 0 Å². The molecule has 0 bridgehead atoms. The molecule has 0 aliphatic carbocycles. The normalized spacial score (nSPS) is 10.6. The SMILES string of the molecule is C(#Cc1cccc2ccccc12)c1sccc1-c1ccc(-c2ccsc2C#Cc2cccc3ccccc23)cc1. The molecule has 40 heavy (non-hydrogen) atoms. The lowest BCUT2D eigenvalue weighted by Gasteiger charge is -2.04. The number of benzene rings is 5. The average Bonchev–Trinajstić information content (AvgIpc) is 3.69. The van der Waals surface area contributed by atoms with Crippen LogP contribution in [0.4, 0.5) is 0 Å². The van der Waals surface area contributed by atoms with Crippen molar-refractivity contribution in [1.82, 2.24) is 0 Å². The second-order valence-electron chi connectivity index (χ2n) is 9.46. The highest BCUT2D eigenvalue weighted by molar-refractivity contribution is 7.11. The minimum Gasteiger partial charge on any atom is -0.135 e. The summed E-state index contributed by atoms with van der Waals surface area (Å²) in [5.41, 5.74) is 6.80. The van der Waals surface area contributed by atoms with Crippen LogP contribution in [-0.4, -0.2) is 0 Å². The van der Waals surface area contributed by atoms with Gasteiger partial charge in [-0.2, -0.15) is 0 Å². The molecule has 0 unspecified atom stereocenters. The molecule has 0 fully saturated rings. The third-order valence-corrected chi connectivity index (χ3v) is 8.70. The van der Waals surface area contributed by atoms with E-state index in [9.17, 15) is 0 Å². The number of fused-ring (bicyclic) bond motifs is 2. The smallest absolute Gasteiger partial charge is 0.0850 e. The molecule has 0 saturated carbocycles. The van der Waals surface area contributed by atoms with Crippen LogP contribution in [0.5, 0.6) is 0 Å². The number of rotatable bonds is 2. The highest BCUT2D eigenvalue weighted by Gasteiger charge is 2.09. The first-order chi connectivity index (χ1) is 19.8. The van der Waals surface area contributed by atoms with E-state index in [1.54, 1.807) is 22.7 Å². The zero-order chi connectivity index (χ0) is 26.7. The number of hydrogen-bond acceptors (Lipinski definition) is 2. The summed E-state index contributed by atoms with van der Waals surface area (Å²) in [7, 11) is 0. The first-order valence-corrected chi connectivity index (χ1v) is 14.8. The summed E-state index contributed by atoms with van der Waals surface area (Å²) in [4.78, 5) is 2.16. The lowest BCUT2D eigenvalue weighted by atomic mass is 10.0. The van der Waals surface area contributed by atoms with Gasteiger partial charge < -0.3 is 0 Å². The molecule has 0 aliphatic rings. The van der Waals surface area contributed by atoms with Gasteiger partial charge in [-0.15, -0.1) is 22.7 Å². The Morgan fingerprint density at radius 2 is 0.800 bits per heavy atom. The van der Waals surface area contributed by atoms with E-state index < -0.39 is 0 Å². The summed E-state index contributed by atoms with van der Waals surface area (Å²) in [6.45, 7) is 0. The summed E-state index contributed by atoms with van der Waals surface area (Å²) in [6.07, 6.45) is 0. The predicted octanol–water partition coefficient (Wildman–Crippen LogP) is 10.2. The molecule has 0 saturated heterocycles. The Labute approximate surface area is 242 Å². The van der Waals surface area contributed by atoms with Gasteiger partial charge in [0.1, 0.15) is 0 Å². The van der Waals surface area contributed by atoms with E-state index in [2.05, 4.69) is 156 Å². The highest BCUT2D eigenvalue weighted by Crippen LogP contribution is 2.33. The van der Waals surface area contributed by atoms with Crippen molar-refractivity contribution in [2.24, 2.45) is 0 Å². The highest BCUT2D eigenvalue weighted by atomic mass is 32.1. The first kappa shape index (κ1) is 24.2. The molecule has 5 aromatic carbocycles. The van der Waals surface area contributed by atoms with Crippen molar-refractivity contribution < 1.29 is 0 Å². The molecule has 0 atom stereocenters. The molecule has 2 heterocycles. The maximum absolute atomic E-state index is 3.45. The van der Waals surface area contributed by atoms with E-state index >= 15 is 0 Å². The molecular formula is C38H22S2. The first-order valence-electron chi connectivity index (χ1n) is 13.1. The van der Waals surface area contributed by atoms with Gasteiger partial charge in [-0.3, -0.25) is 0 Å². The van der Waals surface area contributed by atoms with Gasteiger partial charge in [-0.25, -0.2) is 0 Å². The van der Waals surface area contributed by atoms with Crippen LogP contribution in [0, 0.1) is 23.7 Å². The monoisotopic (exact) mass is 542 g/mol. The lowest BCUT2D eigenvalue weighted by Crippen LogP contribution is -1.83. The lowest BCUT2D eigenvalue weighted by molar-refractivity contribution is 1.63. The van der Waals surface area contributed by atoms with Gasteiger partial charge in [0.25, 0.3) is 0 Å². The topological polar surface area (TPSA) is 0 Å². The average molecular weight is 543 g/mol. The van der Waals surface area contributed by atoms with Crippen molar-refractivity contribution >= 4 is 44.2 Å². The van der Waals surface area contributed by atoms with Crippen molar-refractivity contribution in [2.75, 3.05) is 0 Å². The summed E-state index contributed by atoms with van der Waals surface area (Å²) in [5.74, 6) is 13.7. The van der Waals surface area contributed by atoms with Crippen LogP contribution in [0.2, 0.25) is 0 Å².